The molecule has 20 heavy (non-hydrogen) atoms. The molecule has 1 rings (SSSR count). The molecule has 1 aromatic carbocycles. The third-order valence-corrected chi connectivity index (χ3v) is 3.15. The Morgan fingerprint density at radius 3 is 2.70 bits per heavy atom. The third kappa shape index (κ3) is 3.51. The van der Waals surface area contributed by atoms with Gasteiger partial charge in [0.25, 0.3) is 0 Å². The van der Waals surface area contributed by atoms with Crippen LogP contribution in [-0.2, 0) is 11.3 Å². The lowest BCUT2D eigenvalue weighted by atomic mass is 9.96. The van der Waals surface area contributed by atoms with E-state index >= 15 is 0 Å². The van der Waals surface area contributed by atoms with Gasteiger partial charge in [-0.3, -0.25) is 20.2 Å². The van der Waals surface area contributed by atoms with Gasteiger partial charge in [-0.25, -0.2) is 0 Å². The van der Waals surface area contributed by atoms with E-state index in [9.17, 15) is 24.4 Å². The van der Waals surface area contributed by atoms with Crippen molar-refractivity contribution in [1.82, 2.24) is 5.32 Å². The van der Waals surface area contributed by atoms with Crippen LogP contribution < -0.4 is 5.32 Å². The topological polar surface area (TPSA) is 92.5 Å². The summed E-state index contributed by atoms with van der Waals surface area (Å²) in [5, 5.41) is 22.6. The minimum Gasteiger partial charge on any atom is -0.480 e. The molecule has 0 heterocycles. The van der Waals surface area contributed by atoms with E-state index in [1.54, 1.807) is 0 Å². The van der Waals surface area contributed by atoms with Gasteiger partial charge in [0.15, 0.2) is 0 Å². The molecule has 1 atom stereocenters. The van der Waals surface area contributed by atoms with Crippen LogP contribution in [0.15, 0.2) is 18.2 Å². The van der Waals surface area contributed by atoms with Gasteiger partial charge in [-0.1, -0.05) is 25.5 Å². The van der Waals surface area contributed by atoms with Gasteiger partial charge in [0, 0.05) is 18.2 Å². The monoisotopic (exact) mass is 284 g/mol. The van der Waals surface area contributed by atoms with E-state index in [4.69, 9.17) is 0 Å². The van der Waals surface area contributed by atoms with Crippen molar-refractivity contribution >= 4 is 11.7 Å². The first-order chi connectivity index (χ1) is 9.31. The lowest BCUT2D eigenvalue weighted by Crippen LogP contribution is -2.49. The first-order valence-corrected chi connectivity index (χ1v) is 6.22. The zero-order valence-corrected chi connectivity index (χ0v) is 11.4. The van der Waals surface area contributed by atoms with E-state index in [2.05, 4.69) is 5.32 Å². The molecule has 0 aliphatic carbocycles. The summed E-state index contributed by atoms with van der Waals surface area (Å²) in [4.78, 5) is 21.1. The number of nitro benzene ring substituents is 1. The average molecular weight is 284 g/mol. The van der Waals surface area contributed by atoms with Crippen molar-refractivity contribution in [2.24, 2.45) is 0 Å². The van der Waals surface area contributed by atoms with E-state index in [1.807, 2.05) is 6.92 Å². The normalized spacial score (nSPS) is 13.8. The highest BCUT2D eigenvalue weighted by Gasteiger charge is 2.31. The maximum Gasteiger partial charge on any atom is 0.323 e. The Balaban J connectivity index is 2.92. The number of rotatable bonds is 7. The second kappa shape index (κ2) is 6.42. The number of benzene rings is 1. The number of carbonyl (C=O) groups is 1. The Bertz CT molecular complexity index is 521. The highest BCUT2D eigenvalue weighted by atomic mass is 19.1. The number of nitro groups is 1. The van der Waals surface area contributed by atoms with Crippen LogP contribution in [0.4, 0.5) is 10.1 Å². The summed E-state index contributed by atoms with van der Waals surface area (Å²) in [6.07, 6.45) is 1.02. The average Bonchev–Trinajstić information content (AvgIpc) is 2.37. The number of aliphatic carboxylic acids is 1. The highest BCUT2D eigenvalue weighted by Crippen LogP contribution is 2.21. The number of halogens is 1. The van der Waals surface area contributed by atoms with E-state index in [0.29, 0.717) is 12.8 Å². The summed E-state index contributed by atoms with van der Waals surface area (Å²) >= 11 is 0. The molecule has 0 aliphatic rings. The van der Waals surface area contributed by atoms with Gasteiger partial charge < -0.3 is 5.11 Å². The van der Waals surface area contributed by atoms with Crippen molar-refractivity contribution in [2.75, 3.05) is 0 Å². The zero-order chi connectivity index (χ0) is 15.3. The van der Waals surface area contributed by atoms with Gasteiger partial charge in [0.05, 0.1) is 4.92 Å². The van der Waals surface area contributed by atoms with Gasteiger partial charge in [-0.05, 0) is 13.3 Å². The maximum absolute atomic E-state index is 13.9. The van der Waals surface area contributed by atoms with Crippen LogP contribution in [0.3, 0.4) is 0 Å². The minimum atomic E-state index is -1.19. The first-order valence-electron chi connectivity index (χ1n) is 6.22. The van der Waals surface area contributed by atoms with Crippen molar-refractivity contribution in [1.29, 1.82) is 0 Å². The number of hydrogen-bond donors (Lipinski definition) is 2. The molecule has 0 spiro atoms. The van der Waals surface area contributed by atoms with Gasteiger partial charge in [0.2, 0.25) is 5.82 Å². The van der Waals surface area contributed by atoms with Crippen molar-refractivity contribution in [2.45, 2.75) is 38.8 Å². The summed E-state index contributed by atoms with van der Waals surface area (Å²) in [5.41, 5.74) is -1.73. The largest absolute Gasteiger partial charge is 0.480 e. The van der Waals surface area contributed by atoms with E-state index in [-0.39, 0.29) is 12.1 Å². The summed E-state index contributed by atoms with van der Waals surface area (Å²) in [5.74, 6) is -1.97. The van der Waals surface area contributed by atoms with Gasteiger partial charge in [-0.15, -0.1) is 0 Å². The Hall–Kier alpha value is -2.02. The van der Waals surface area contributed by atoms with Crippen molar-refractivity contribution in [3.05, 3.63) is 39.7 Å². The lowest BCUT2D eigenvalue weighted by molar-refractivity contribution is -0.387. The molecule has 2 N–H and O–H groups in total. The van der Waals surface area contributed by atoms with Crippen LogP contribution in [0, 0.1) is 15.9 Å². The van der Waals surface area contributed by atoms with E-state index < -0.39 is 27.9 Å². The molecule has 110 valence electrons. The molecule has 0 fully saturated rings. The fraction of sp³-hybridized carbons (Fsp3) is 0.462. The summed E-state index contributed by atoms with van der Waals surface area (Å²) in [6.45, 7) is 3.27. The number of hydrogen-bond acceptors (Lipinski definition) is 4. The van der Waals surface area contributed by atoms with Crippen LogP contribution in [-0.4, -0.2) is 21.5 Å². The standard InChI is InChI=1S/C13H17FN2O4/c1-3-7-13(2,12(17)18)15-8-9-5-4-6-10(11(9)14)16(19)20/h4-6,15H,3,7-8H2,1-2H3,(H,17,18). The Kier molecular flexibility index (Phi) is 5.15. The second-order valence-electron chi connectivity index (χ2n) is 4.75. The summed E-state index contributed by atoms with van der Waals surface area (Å²) in [6, 6.07) is 3.83. The molecule has 0 saturated carbocycles. The van der Waals surface area contributed by atoms with Crippen molar-refractivity contribution in [3.8, 4) is 0 Å². The van der Waals surface area contributed by atoms with Crippen LogP contribution in [0.5, 0.6) is 0 Å². The summed E-state index contributed by atoms with van der Waals surface area (Å²) < 4.78 is 13.9. The summed E-state index contributed by atoms with van der Waals surface area (Å²) in [7, 11) is 0. The number of carboxylic acid groups (broad SMARTS) is 1. The van der Waals surface area contributed by atoms with E-state index in [1.165, 1.54) is 19.1 Å². The Morgan fingerprint density at radius 2 is 2.20 bits per heavy atom. The third-order valence-electron chi connectivity index (χ3n) is 3.15. The smallest absolute Gasteiger partial charge is 0.323 e. The highest BCUT2D eigenvalue weighted by molar-refractivity contribution is 5.78. The molecule has 0 radical (unpaired) electrons. The minimum absolute atomic E-state index is 0.0720. The molecule has 0 aliphatic heterocycles. The van der Waals surface area contributed by atoms with Gasteiger partial charge >= 0.3 is 11.7 Å². The molecule has 0 saturated heterocycles. The predicted octanol–water partition coefficient (Wildman–Crippen LogP) is 2.47. The molecular weight excluding hydrogens is 267 g/mol. The fourth-order valence-electron chi connectivity index (χ4n) is 1.91. The number of carboxylic acids is 1. The first kappa shape index (κ1) is 16.0. The van der Waals surface area contributed by atoms with Crippen molar-refractivity contribution in [3.63, 3.8) is 0 Å². The zero-order valence-electron chi connectivity index (χ0n) is 11.4. The van der Waals surface area contributed by atoms with Crippen LogP contribution >= 0.6 is 0 Å². The van der Waals surface area contributed by atoms with Gasteiger partial charge in [-0.2, -0.15) is 4.39 Å². The molecule has 0 amide bonds. The van der Waals surface area contributed by atoms with Crippen LogP contribution in [0.1, 0.15) is 32.3 Å². The van der Waals surface area contributed by atoms with E-state index in [0.717, 1.165) is 6.07 Å². The quantitative estimate of drug-likeness (QED) is 0.592. The van der Waals surface area contributed by atoms with Crippen LogP contribution in [0.2, 0.25) is 0 Å². The Labute approximate surface area is 115 Å². The van der Waals surface area contributed by atoms with Gasteiger partial charge in [0.1, 0.15) is 5.54 Å². The lowest BCUT2D eigenvalue weighted by Gasteiger charge is -2.26. The molecule has 7 heteroatoms. The maximum atomic E-state index is 13.9. The number of nitrogens with zero attached hydrogens (tertiary/aromatic N) is 1. The molecule has 6 nitrogen and oxygen atoms in total. The van der Waals surface area contributed by atoms with Crippen LogP contribution in [0.25, 0.3) is 0 Å². The number of nitrogens with one attached hydrogen (secondary N) is 1. The fourth-order valence-corrected chi connectivity index (χ4v) is 1.91. The molecule has 1 aromatic rings. The SMILES string of the molecule is CCCC(C)(NCc1cccc([N+](=O)[O-])c1F)C(=O)O. The molecule has 0 bridgehead atoms. The molecule has 0 aromatic heterocycles. The molecular formula is C13H17FN2O4. The van der Waals surface area contributed by atoms with Crippen molar-refractivity contribution < 1.29 is 19.2 Å². The Morgan fingerprint density at radius 1 is 1.55 bits per heavy atom. The second-order valence-corrected chi connectivity index (χ2v) is 4.75. The molecule has 1 unspecified atom stereocenters. The predicted molar refractivity (Wildman–Crippen MR) is 70.8 cm³/mol.